The van der Waals surface area contributed by atoms with Crippen molar-refractivity contribution in [3.8, 4) is 34.5 Å². The lowest BCUT2D eigenvalue weighted by Gasteiger charge is -2.26. The van der Waals surface area contributed by atoms with Crippen LogP contribution in [0, 0.1) is 36.5 Å². The third kappa shape index (κ3) is 4.95. The average Bonchev–Trinajstić information content (AvgIpc) is 3.38. The number of hydrogen-bond donors (Lipinski definition) is 0. The Bertz CT molecular complexity index is 1600. The molecule has 4 aromatic carbocycles. The number of anilines is 3. The van der Waals surface area contributed by atoms with Crippen LogP contribution in [0.5, 0.6) is 0 Å². The molecule has 0 spiro atoms. The monoisotopic (exact) mass is 492 g/mol. The molecule has 182 valence electrons. The summed E-state index contributed by atoms with van der Waals surface area (Å²) in [5.74, 6) is 0.370. The van der Waals surface area contributed by atoms with Crippen LogP contribution in [0.15, 0.2) is 113 Å². The van der Waals surface area contributed by atoms with Crippen molar-refractivity contribution in [3.63, 3.8) is 0 Å². The molecule has 1 aromatic heterocycles. The van der Waals surface area contributed by atoms with E-state index in [2.05, 4.69) is 84.6 Å². The molecule has 5 aromatic rings. The number of allylic oxidation sites excluding steroid dienone is 1. The van der Waals surface area contributed by atoms with Crippen molar-refractivity contribution >= 4 is 23.1 Å². The fourth-order valence-electron chi connectivity index (χ4n) is 4.31. The second-order valence-corrected chi connectivity index (χ2v) is 8.97. The molecule has 5 rings (SSSR count). The van der Waals surface area contributed by atoms with E-state index in [9.17, 15) is 10.5 Å². The summed E-state index contributed by atoms with van der Waals surface area (Å²) in [6.45, 7) is 4.16. The summed E-state index contributed by atoms with van der Waals surface area (Å²) < 4.78 is 5.64. The highest BCUT2D eigenvalue weighted by atomic mass is 16.5. The van der Waals surface area contributed by atoms with E-state index in [-0.39, 0.29) is 5.57 Å². The lowest BCUT2D eigenvalue weighted by atomic mass is 9.98. The Kier molecular flexibility index (Phi) is 6.85. The standard InChI is InChI=1S/C33H24N4O/c1-23-8-14-28(15-9-23)37(29-16-10-24(2)11-17-29)30-18-12-27(13-19-30)33-32(26-6-4-3-5-7-26)31(38-36-33)20-25(21-34)22-35/h3-20H,1-2H3. The average molecular weight is 493 g/mol. The van der Waals surface area contributed by atoms with E-state index >= 15 is 0 Å². The van der Waals surface area contributed by atoms with Gasteiger partial charge < -0.3 is 9.42 Å². The van der Waals surface area contributed by atoms with E-state index in [0.717, 1.165) is 33.8 Å². The van der Waals surface area contributed by atoms with Crippen molar-refractivity contribution in [1.82, 2.24) is 5.16 Å². The van der Waals surface area contributed by atoms with Crippen LogP contribution < -0.4 is 4.90 Å². The zero-order chi connectivity index (χ0) is 26.5. The van der Waals surface area contributed by atoms with Crippen LogP contribution in [0.1, 0.15) is 16.9 Å². The molecule has 5 nitrogen and oxygen atoms in total. The van der Waals surface area contributed by atoms with Gasteiger partial charge in [-0.25, -0.2) is 0 Å². The highest BCUT2D eigenvalue weighted by molar-refractivity contribution is 5.87. The fraction of sp³-hybridized carbons (Fsp3) is 0.0606. The van der Waals surface area contributed by atoms with E-state index in [0.29, 0.717) is 11.5 Å². The molecular formula is C33H24N4O. The molecule has 5 heteroatoms. The Hall–Kier alpha value is -5.39. The molecule has 0 radical (unpaired) electrons. The van der Waals surface area contributed by atoms with E-state index < -0.39 is 0 Å². The van der Waals surface area contributed by atoms with Crippen LogP contribution in [0.3, 0.4) is 0 Å². The minimum absolute atomic E-state index is 0.0490. The Labute approximate surface area is 222 Å². The molecule has 0 bridgehead atoms. The van der Waals surface area contributed by atoms with Crippen LogP contribution in [-0.4, -0.2) is 5.16 Å². The van der Waals surface area contributed by atoms with Crippen LogP contribution in [0.4, 0.5) is 17.1 Å². The van der Waals surface area contributed by atoms with Gasteiger partial charge in [-0.2, -0.15) is 10.5 Å². The van der Waals surface area contributed by atoms with Gasteiger partial charge in [0.15, 0.2) is 5.76 Å². The Morgan fingerprint density at radius 2 is 1.18 bits per heavy atom. The van der Waals surface area contributed by atoms with Gasteiger partial charge >= 0.3 is 0 Å². The van der Waals surface area contributed by atoms with Crippen molar-refractivity contribution in [2.45, 2.75) is 13.8 Å². The molecule has 0 unspecified atom stereocenters. The van der Waals surface area contributed by atoms with E-state index in [1.165, 1.54) is 17.2 Å². The maximum Gasteiger partial charge on any atom is 0.170 e. The van der Waals surface area contributed by atoms with Gasteiger partial charge in [-0.15, -0.1) is 0 Å². The predicted octanol–water partition coefficient (Wildman–Crippen LogP) is 8.53. The number of aryl methyl sites for hydroxylation is 2. The molecular weight excluding hydrogens is 468 g/mol. The summed E-state index contributed by atoms with van der Waals surface area (Å²) in [7, 11) is 0. The van der Waals surface area contributed by atoms with E-state index in [1.54, 1.807) is 0 Å². The summed E-state index contributed by atoms with van der Waals surface area (Å²) >= 11 is 0. The van der Waals surface area contributed by atoms with Crippen LogP contribution in [-0.2, 0) is 0 Å². The van der Waals surface area contributed by atoms with E-state index in [1.807, 2.05) is 54.6 Å². The van der Waals surface area contributed by atoms with Gasteiger partial charge in [0.2, 0.25) is 0 Å². The highest BCUT2D eigenvalue weighted by Crippen LogP contribution is 2.39. The third-order valence-electron chi connectivity index (χ3n) is 6.28. The van der Waals surface area contributed by atoms with Crippen molar-refractivity contribution in [1.29, 1.82) is 10.5 Å². The first-order valence-electron chi connectivity index (χ1n) is 12.2. The van der Waals surface area contributed by atoms with Crippen molar-refractivity contribution < 1.29 is 4.52 Å². The van der Waals surface area contributed by atoms with Crippen molar-refractivity contribution in [2.24, 2.45) is 0 Å². The van der Waals surface area contributed by atoms with Gasteiger partial charge in [0, 0.05) is 28.7 Å². The van der Waals surface area contributed by atoms with E-state index in [4.69, 9.17) is 4.52 Å². The molecule has 0 fully saturated rings. The van der Waals surface area contributed by atoms with Gasteiger partial charge in [-0.1, -0.05) is 83.0 Å². The largest absolute Gasteiger partial charge is 0.356 e. The second kappa shape index (κ2) is 10.7. The topological polar surface area (TPSA) is 76.8 Å². The number of aromatic nitrogens is 1. The van der Waals surface area contributed by atoms with Gasteiger partial charge in [0.05, 0.1) is 5.56 Å². The molecule has 0 aliphatic carbocycles. The zero-order valence-corrected chi connectivity index (χ0v) is 21.1. The number of rotatable bonds is 6. The maximum absolute atomic E-state index is 9.27. The van der Waals surface area contributed by atoms with Gasteiger partial charge in [0.25, 0.3) is 0 Å². The summed E-state index contributed by atoms with van der Waals surface area (Å²) in [6.07, 6.45) is 1.43. The molecule has 38 heavy (non-hydrogen) atoms. The second-order valence-electron chi connectivity index (χ2n) is 8.97. The first-order valence-corrected chi connectivity index (χ1v) is 12.2. The molecule has 0 atom stereocenters. The Morgan fingerprint density at radius 1 is 0.684 bits per heavy atom. The van der Waals surface area contributed by atoms with Crippen LogP contribution in [0.25, 0.3) is 28.5 Å². The molecule has 0 amide bonds. The quantitative estimate of drug-likeness (QED) is 0.222. The van der Waals surface area contributed by atoms with Gasteiger partial charge in [-0.3, -0.25) is 0 Å². The highest BCUT2D eigenvalue weighted by Gasteiger charge is 2.20. The molecule has 0 saturated carbocycles. The molecule has 0 N–H and O–H groups in total. The fourth-order valence-corrected chi connectivity index (χ4v) is 4.31. The van der Waals surface area contributed by atoms with Crippen LogP contribution >= 0.6 is 0 Å². The summed E-state index contributed by atoms with van der Waals surface area (Å²) in [5.41, 5.74) is 8.60. The third-order valence-corrected chi connectivity index (χ3v) is 6.28. The normalized spacial score (nSPS) is 10.3. The predicted molar refractivity (Wildman–Crippen MR) is 151 cm³/mol. The van der Waals surface area contributed by atoms with Crippen molar-refractivity contribution in [2.75, 3.05) is 4.90 Å². The van der Waals surface area contributed by atoms with Gasteiger partial charge in [0.1, 0.15) is 23.4 Å². The molecule has 0 aliphatic heterocycles. The lowest BCUT2D eigenvalue weighted by Crippen LogP contribution is -2.09. The first kappa shape index (κ1) is 24.3. The number of hydrogen-bond acceptors (Lipinski definition) is 5. The maximum atomic E-state index is 9.27. The van der Waals surface area contributed by atoms with Crippen LogP contribution in [0.2, 0.25) is 0 Å². The Morgan fingerprint density at radius 3 is 1.68 bits per heavy atom. The lowest BCUT2D eigenvalue weighted by molar-refractivity contribution is 0.415. The molecule has 1 heterocycles. The number of nitriles is 2. The molecule has 0 saturated heterocycles. The summed E-state index contributed by atoms with van der Waals surface area (Å²) in [4.78, 5) is 2.21. The number of nitrogens with zero attached hydrogens (tertiary/aromatic N) is 4. The minimum atomic E-state index is -0.0490. The Balaban J connectivity index is 1.60. The summed E-state index contributed by atoms with van der Waals surface area (Å²) in [6, 6.07) is 38.5. The first-order chi connectivity index (χ1) is 18.6. The smallest absolute Gasteiger partial charge is 0.170 e. The molecule has 0 aliphatic rings. The van der Waals surface area contributed by atoms with Gasteiger partial charge in [-0.05, 0) is 55.8 Å². The number of benzene rings is 4. The SMILES string of the molecule is Cc1ccc(N(c2ccc(C)cc2)c2ccc(-c3noc(C=C(C#N)C#N)c3-c3ccccc3)cc2)cc1. The van der Waals surface area contributed by atoms with Crippen molar-refractivity contribution in [3.05, 3.63) is 126 Å². The zero-order valence-electron chi connectivity index (χ0n) is 21.1. The minimum Gasteiger partial charge on any atom is -0.356 e. The summed E-state index contributed by atoms with van der Waals surface area (Å²) in [5, 5.41) is 22.9.